The Kier molecular flexibility index (Phi) is 3.87. The minimum absolute atomic E-state index is 0.111. The van der Waals surface area contributed by atoms with Crippen molar-refractivity contribution in [2.75, 3.05) is 5.73 Å². The number of benzene rings is 1. The van der Waals surface area contributed by atoms with Gasteiger partial charge < -0.3 is 5.73 Å². The van der Waals surface area contributed by atoms with E-state index >= 15 is 0 Å². The summed E-state index contributed by atoms with van der Waals surface area (Å²) in [5, 5.41) is 2.00. The molecular weight excluding hydrogens is 359 g/mol. The monoisotopic (exact) mass is 369 g/mol. The number of rotatable bonds is 2. The summed E-state index contributed by atoms with van der Waals surface area (Å²) >= 11 is -0.400. The minimum atomic E-state index is -4.58. The van der Waals surface area contributed by atoms with Crippen LogP contribution in [-0.2, 0) is 0 Å². The fraction of sp³-hybridized carbons (Fsp3) is 0.133. The standard InChI is InChI=1S/C15H10F3N3O3S/c1-6-2-3-9(25-15(16,17)18)8(4-6)21-10(22)5-7-11(12(21)19)14(24)20-13(7)23/h2-5H,19H2,1H3,(H,20,23,24). The van der Waals surface area contributed by atoms with E-state index in [0.29, 0.717) is 5.56 Å². The van der Waals surface area contributed by atoms with Gasteiger partial charge >= 0.3 is 5.51 Å². The second-order valence-corrected chi connectivity index (χ2v) is 6.40. The van der Waals surface area contributed by atoms with E-state index in [-0.39, 0.29) is 27.5 Å². The Morgan fingerprint density at radius 3 is 2.44 bits per heavy atom. The summed E-state index contributed by atoms with van der Waals surface area (Å²) in [6.07, 6.45) is 0. The molecule has 1 aliphatic heterocycles. The first-order valence-electron chi connectivity index (χ1n) is 6.86. The molecule has 0 fully saturated rings. The molecule has 2 amide bonds. The molecule has 0 spiro atoms. The van der Waals surface area contributed by atoms with Gasteiger partial charge in [-0.05, 0) is 36.4 Å². The zero-order valence-electron chi connectivity index (χ0n) is 12.6. The second kappa shape index (κ2) is 5.66. The van der Waals surface area contributed by atoms with Crippen molar-refractivity contribution in [3.05, 3.63) is 51.3 Å². The first-order chi connectivity index (χ1) is 11.6. The number of hydrogen-bond acceptors (Lipinski definition) is 5. The molecule has 0 bridgehead atoms. The third kappa shape index (κ3) is 3.00. The van der Waals surface area contributed by atoms with Crippen LogP contribution in [0.1, 0.15) is 26.3 Å². The van der Waals surface area contributed by atoms with Crippen LogP contribution in [0.25, 0.3) is 5.69 Å². The Balaban J connectivity index is 2.30. The number of anilines is 1. The molecule has 2 aromatic rings. The largest absolute Gasteiger partial charge is 0.446 e. The SMILES string of the molecule is Cc1ccc(SC(F)(F)F)c(-n2c(N)c3c(cc2=O)C(=O)NC3=O)c1. The van der Waals surface area contributed by atoms with Crippen molar-refractivity contribution in [3.63, 3.8) is 0 Å². The highest BCUT2D eigenvalue weighted by atomic mass is 32.2. The zero-order valence-corrected chi connectivity index (χ0v) is 13.4. The van der Waals surface area contributed by atoms with Crippen molar-refractivity contribution in [1.29, 1.82) is 0 Å². The molecule has 0 aliphatic carbocycles. The number of nitrogen functional groups attached to an aromatic ring is 1. The van der Waals surface area contributed by atoms with Gasteiger partial charge in [0, 0.05) is 11.0 Å². The van der Waals surface area contributed by atoms with Gasteiger partial charge in [-0.1, -0.05) is 6.07 Å². The molecule has 1 aromatic carbocycles. The summed E-state index contributed by atoms with van der Waals surface area (Å²) < 4.78 is 39.2. The van der Waals surface area contributed by atoms with Gasteiger partial charge in [0.1, 0.15) is 5.82 Å². The third-order valence-electron chi connectivity index (χ3n) is 3.53. The number of carbonyl (C=O) groups is 2. The number of carbonyl (C=O) groups excluding carboxylic acids is 2. The maximum Gasteiger partial charge on any atom is 0.446 e. The summed E-state index contributed by atoms with van der Waals surface area (Å²) in [6, 6.07) is 4.92. The molecule has 3 rings (SSSR count). The molecule has 0 unspecified atom stereocenters. The number of amides is 2. The third-order valence-corrected chi connectivity index (χ3v) is 4.33. The molecule has 2 heterocycles. The van der Waals surface area contributed by atoms with Crippen LogP contribution in [0.15, 0.2) is 34.0 Å². The first kappa shape index (κ1) is 17.1. The zero-order chi connectivity index (χ0) is 18.5. The summed E-state index contributed by atoms with van der Waals surface area (Å²) in [6.45, 7) is 1.64. The highest BCUT2D eigenvalue weighted by Gasteiger charge is 2.34. The van der Waals surface area contributed by atoms with Gasteiger partial charge in [0.25, 0.3) is 17.4 Å². The van der Waals surface area contributed by atoms with E-state index in [9.17, 15) is 27.6 Å². The molecule has 10 heteroatoms. The van der Waals surface area contributed by atoms with Crippen LogP contribution in [0.4, 0.5) is 19.0 Å². The molecular formula is C15H10F3N3O3S. The number of nitrogens with two attached hydrogens (primary N) is 1. The highest BCUT2D eigenvalue weighted by Crippen LogP contribution is 2.40. The van der Waals surface area contributed by atoms with E-state index in [0.717, 1.165) is 10.6 Å². The number of pyridine rings is 1. The Morgan fingerprint density at radius 1 is 1.12 bits per heavy atom. The van der Waals surface area contributed by atoms with Crippen LogP contribution < -0.4 is 16.6 Å². The number of alkyl halides is 3. The number of nitrogens with one attached hydrogen (secondary N) is 1. The molecule has 0 radical (unpaired) electrons. The Labute approximate surface area is 142 Å². The average Bonchev–Trinajstić information content (AvgIpc) is 2.75. The Morgan fingerprint density at radius 2 is 1.80 bits per heavy atom. The number of aromatic nitrogens is 1. The van der Waals surface area contributed by atoms with Crippen molar-refractivity contribution in [3.8, 4) is 5.69 Å². The minimum Gasteiger partial charge on any atom is -0.384 e. The van der Waals surface area contributed by atoms with Crippen molar-refractivity contribution in [2.24, 2.45) is 0 Å². The maximum atomic E-state index is 12.8. The lowest BCUT2D eigenvalue weighted by Crippen LogP contribution is -2.24. The number of thioether (sulfide) groups is 1. The molecule has 3 N–H and O–H groups in total. The molecule has 1 aliphatic rings. The predicted octanol–water partition coefficient (Wildman–Crippen LogP) is 2.22. The highest BCUT2D eigenvalue weighted by molar-refractivity contribution is 8.00. The van der Waals surface area contributed by atoms with Gasteiger partial charge in [-0.3, -0.25) is 24.3 Å². The van der Waals surface area contributed by atoms with Crippen LogP contribution in [0.2, 0.25) is 0 Å². The fourth-order valence-corrected chi connectivity index (χ4v) is 3.18. The van der Waals surface area contributed by atoms with Gasteiger partial charge in [-0.2, -0.15) is 13.2 Å². The van der Waals surface area contributed by atoms with Crippen molar-refractivity contribution >= 4 is 29.4 Å². The van der Waals surface area contributed by atoms with Crippen LogP contribution in [0.3, 0.4) is 0 Å². The van der Waals surface area contributed by atoms with Gasteiger partial charge in [-0.15, -0.1) is 0 Å². The number of hydrogen-bond donors (Lipinski definition) is 2. The lowest BCUT2D eigenvalue weighted by molar-refractivity contribution is -0.0328. The number of halogens is 3. The topological polar surface area (TPSA) is 94.2 Å². The lowest BCUT2D eigenvalue weighted by Gasteiger charge is -2.17. The summed E-state index contributed by atoms with van der Waals surface area (Å²) in [5.41, 5.74) is 0.535. The van der Waals surface area contributed by atoms with Crippen molar-refractivity contribution in [1.82, 2.24) is 9.88 Å². The molecule has 0 saturated heterocycles. The van der Waals surface area contributed by atoms with Crippen LogP contribution in [0, 0.1) is 6.92 Å². The van der Waals surface area contributed by atoms with E-state index < -0.39 is 34.6 Å². The quantitative estimate of drug-likeness (QED) is 0.625. The molecule has 1 aromatic heterocycles. The van der Waals surface area contributed by atoms with Crippen molar-refractivity contribution < 1.29 is 22.8 Å². The second-order valence-electron chi connectivity index (χ2n) is 5.29. The summed E-state index contributed by atoms with van der Waals surface area (Å²) in [4.78, 5) is 35.6. The number of fused-ring (bicyclic) bond motifs is 1. The van der Waals surface area contributed by atoms with Crippen LogP contribution in [-0.4, -0.2) is 21.9 Å². The summed E-state index contributed by atoms with van der Waals surface area (Å²) in [5.74, 6) is -1.96. The molecule has 0 saturated carbocycles. The molecule has 0 atom stereocenters. The fourth-order valence-electron chi connectivity index (χ4n) is 2.54. The van der Waals surface area contributed by atoms with Gasteiger partial charge in [0.2, 0.25) is 0 Å². The van der Waals surface area contributed by atoms with E-state index in [2.05, 4.69) is 0 Å². The van der Waals surface area contributed by atoms with Gasteiger partial charge in [0.15, 0.2) is 0 Å². The van der Waals surface area contributed by atoms with E-state index in [1.807, 2.05) is 5.32 Å². The van der Waals surface area contributed by atoms with Crippen molar-refractivity contribution in [2.45, 2.75) is 17.3 Å². The molecule has 130 valence electrons. The Bertz CT molecular complexity index is 982. The van der Waals surface area contributed by atoms with Crippen LogP contribution >= 0.6 is 11.8 Å². The maximum absolute atomic E-state index is 12.8. The number of imide groups is 1. The van der Waals surface area contributed by atoms with E-state index in [4.69, 9.17) is 5.73 Å². The summed E-state index contributed by atoms with van der Waals surface area (Å²) in [7, 11) is 0. The van der Waals surface area contributed by atoms with Gasteiger partial charge in [0.05, 0.1) is 16.8 Å². The predicted molar refractivity (Wildman–Crippen MR) is 84.9 cm³/mol. The molecule has 25 heavy (non-hydrogen) atoms. The molecule has 6 nitrogen and oxygen atoms in total. The van der Waals surface area contributed by atoms with Crippen LogP contribution in [0.5, 0.6) is 0 Å². The lowest BCUT2D eigenvalue weighted by atomic mass is 10.1. The smallest absolute Gasteiger partial charge is 0.384 e. The van der Waals surface area contributed by atoms with E-state index in [1.54, 1.807) is 6.92 Å². The average molecular weight is 369 g/mol. The number of aryl methyl sites for hydroxylation is 1. The first-order valence-corrected chi connectivity index (χ1v) is 7.68. The Hall–Kier alpha value is -2.75. The van der Waals surface area contributed by atoms with Gasteiger partial charge in [-0.25, -0.2) is 0 Å². The normalized spacial score (nSPS) is 13.8. The van der Waals surface area contributed by atoms with E-state index in [1.165, 1.54) is 18.2 Å². The number of nitrogens with zero attached hydrogens (tertiary/aromatic N) is 1.